The van der Waals surface area contributed by atoms with Gasteiger partial charge in [-0.2, -0.15) is 18.2 Å². The summed E-state index contributed by atoms with van der Waals surface area (Å²) >= 11 is 3.46. The smallest absolute Gasteiger partial charge is 0.369 e. The Balaban J connectivity index is 1.34. The number of rotatable bonds is 8. The summed E-state index contributed by atoms with van der Waals surface area (Å²) < 4.78 is 39.0. The number of halogens is 4. The first kappa shape index (κ1) is 24.7. The molecule has 0 saturated carbocycles. The molecule has 184 valence electrons. The fraction of sp³-hybridized carbons (Fsp3) is 0.522. The molecule has 1 amide bonds. The molecule has 0 radical (unpaired) electrons. The monoisotopic (exact) mass is 540 g/mol. The van der Waals surface area contributed by atoms with Gasteiger partial charge in [0.1, 0.15) is 5.82 Å². The average molecular weight is 541 g/mol. The molecule has 2 aliphatic heterocycles. The number of carbonyl (C=O) groups excluding carboxylic acids is 1. The van der Waals surface area contributed by atoms with Gasteiger partial charge in [0.05, 0.1) is 11.0 Å². The highest BCUT2D eigenvalue weighted by atomic mass is 79.9. The van der Waals surface area contributed by atoms with E-state index in [2.05, 4.69) is 36.5 Å². The van der Waals surface area contributed by atoms with Crippen molar-refractivity contribution in [2.45, 2.75) is 38.3 Å². The Kier molecular flexibility index (Phi) is 7.92. The quantitative estimate of drug-likeness (QED) is 0.484. The third-order valence-corrected chi connectivity index (χ3v) is 6.65. The normalized spacial score (nSPS) is 16.9. The fourth-order valence-electron chi connectivity index (χ4n) is 4.36. The molecule has 7 nitrogen and oxygen atoms in total. The average Bonchev–Trinajstić information content (AvgIpc) is 3.09. The lowest BCUT2D eigenvalue weighted by Gasteiger charge is -2.20. The van der Waals surface area contributed by atoms with Crippen molar-refractivity contribution in [1.29, 1.82) is 0 Å². The summed E-state index contributed by atoms with van der Waals surface area (Å²) in [6.45, 7) is 2.15. The number of amides is 1. The van der Waals surface area contributed by atoms with Crippen molar-refractivity contribution >= 4 is 39.3 Å². The molecule has 1 fully saturated rings. The van der Waals surface area contributed by atoms with Gasteiger partial charge in [-0.3, -0.25) is 9.69 Å². The summed E-state index contributed by atoms with van der Waals surface area (Å²) in [6, 6.07) is 5.84. The van der Waals surface area contributed by atoms with Gasteiger partial charge in [-0.05, 0) is 64.9 Å². The van der Waals surface area contributed by atoms with Crippen molar-refractivity contribution in [1.82, 2.24) is 19.8 Å². The number of fused-ring (bicyclic) bond motifs is 1. The van der Waals surface area contributed by atoms with Gasteiger partial charge in [-0.15, -0.1) is 0 Å². The van der Waals surface area contributed by atoms with Crippen LogP contribution in [0.5, 0.6) is 0 Å². The highest BCUT2D eigenvalue weighted by molar-refractivity contribution is 9.10. The van der Waals surface area contributed by atoms with Crippen molar-refractivity contribution < 1.29 is 18.0 Å². The molecular weight excluding hydrogens is 513 g/mol. The van der Waals surface area contributed by atoms with Crippen molar-refractivity contribution in [3.63, 3.8) is 0 Å². The van der Waals surface area contributed by atoms with Gasteiger partial charge in [0.15, 0.2) is 0 Å². The highest BCUT2D eigenvalue weighted by Gasteiger charge is 2.31. The van der Waals surface area contributed by atoms with E-state index in [4.69, 9.17) is 0 Å². The van der Waals surface area contributed by atoms with Gasteiger partial charge in [-0.1, -0.05) is 6.07 Å². The SMILES string of the molecule is O=C1CCCN1CCCNc1nc(Nc2ccc3c(c2)CCN(CC(F)(F)F)CC3)ncc1Br. The zero-order valence-corrected chi connectivity index (χ0v) is 20.4. The van der Waals surface area contributed by atoms with Crippen LogP contribution in [0.2, 0.25) is 0 Å². The van der Waals surface area contributed by atoms with Gasteiger partial charge in [0.25, 0.3) is 0 Å². The van der Waals surface area contributed by atoms with Crippen molar-refractivity contribution in [3.8, 4) is 0 Å². The maximum absolute atomic E-state index is 12.8. The van der Waals surface area contributed by atoms with Crippen LogP contribution < -0.4 is 10.6 Å². The number of hydrogen-bond acceptors (Lipinski definition) is 6. The largest absolute Gasteiger partial charge is 0.401 e. The lowest BCUT2D eigenvalue weighted by atomic mass is 10.0. The number of aromatic nitrogens is 2. The van der Waals surface area contributed by atoms with E-state index in [9.17, 15) is 18.0 Å². The zero-order chi connectivity index (χ0) is 24.1. The van der Waals surface area contributed by atoms with E-state index in [1.165, 1.54) is 4.90 Å². The lowest BCUT2D eigenvalue weighted by molar-refractivity contribution is -0.145. The van der Waals surface area contributed by atoms with Gasteiger partial charge in [0.2, 0.25) is 11.9 Å². The number of likely N-dealkylation sites (tertiary alicyclic amines) is 1. The molecule has 2 aliphatic rings. The van der Waals surface area contributed by atoms with Gasteiger partial charge >= 0.3 is 6.18 Å². The van der Waals surface area contributed by atoms with Gasteiger partial charge in [-0.25, -0.2) is 4.98 Å². The van der Waals surface area contributed by atoms with E-state index >= 15 is 0 Å². The van der Waals surface area contributed by atoms with Crippen LogP contribution in [0.1, 0.15) is 30.4 Å². The minimum atomic E-state index is -4.18. The molecule has 11 heteroatoms. The number of alkyl halides is 3. The van der Waals surface area contributed by atoms with Crippen LogP contribution in [-0.4, -0.2) is 71.1 Å². The van der Waals surface area contributed by atoms with Gasteiger partial charge in [0, 0.05) is 51.0 Å². The predicted octanol–water partition coefficient (Wildman–Crippen LogP) is 4.37. The van der Waals surface area contributed by atoms with E-state index in [0.717, 1.165) is 47.2 Å². The Hall–Kier alpha value is -2.40. The molecule has 1 aromatic carbocycles. The molecule has 2 aromatic rings. The van der Waals surface area contributed by atoms with E-state index in [1.54, 1.807) is 6.20 Å². The lowest BCUT2D eigenvalue weighted by Crippen LogP contribution is -2.35. The number of benzene rings is 1. The summed E-state index contributed by atoms with van der Waals surface area (Å²) in [5.74, 6) is 1.30. The molecule has 4 rings (SSSR count). The Bertz CT molecular complexity index is 1020. The topological polar surface area (TPSA) is 73.4 Å². The molecule has 3 heterocycles. The number of anilines is 3. The summed E-state index contributed by atoms with van der Waals surface area (Å²) in [5.41, 5.74) is 2.91. The Morgan fingerprint density at radius 2 is 1.88 bits per heavy atom. The Morgan fingerprint density at radius 1 is 1.09 bits per heavy atom. The number of nitrogens with zero attached hydrogens (tertiary/aromatic N) is 4. The maximum atomic E-state index is 12.8. The summed E-state index contributed by atoms with van der Waals surface area (Å²) in [5, 5.41) is 6.49. The number of nitrogens with one attached hydrogen (secondary N) is 2. The second-order valence-electron chi connectivity index (χ2n) is 8.65. The first-order valence-electron chi connectivity index (χ1n) is 11.5. The maximum Gasteiger partial charge on any atom is 0.401 e. The first-order chi connectivity index (χ1) is 16.3. The van der Waals surface area contributed by atoms with Crippen molar-refractivity contribution in [2.75, 3.05) is 49.9 Å². The molecule has 2 N–H and O–H groups in total. The van der Waals surface area contributed by atoms with Crippen LogP contribution in [0.25, 0.3) is 0 Å². The summed E-state index contributed by atoms with van der Waals surface area (Å²) in [6.07, 6.45) is 1.05. The van der Waals surface area contributed by atoms with E-state index < -0.39 is 12.7 Å². The van der Waals surface area contributed by atoms with E-state index in [0.29, 0.717) is 50.7 Å². The third kappa shape index (κ3) is 6.82. The summed E-state index contributed by atoms with van der Waals surface area (Å²) in [4.78, 5) is 23.9. The minimum Gasteiger partial charge on any atom is -0.369 e. The Morgan fingerprint density at radius 3 is 2.62 bits per heavy atom. The molecule has 0 aliphatic carbocycles. The minimum absolute atomic E-state index is 0.225. The van der Waals surface area contributed by atoms with Crippen LogP contribution in [0.4, 0.5) is 30.6 Å². The number of carbonyl (C=O) groups is 1. The molecule has 0 bridgehead atoms. The molecule has 0 atom stereocenters. The predicted molar refractivity (Wildman–Crippen MR) is 128 cm³/mol. The third-order valence-electron chi connectivity index (χ3n) is 6.07. The molecule has 34 heavy (non-hydrogen) atoms. The van der Waals surface area contributed by atoms with E-state index in [-0.39, 0.29) is 5.91 Å². The molecule has 0 unspecified atom stereocenters. The second kappa shape index (κ2) is 10.9. The zero-order valence-electron chi connectivity index (χ0n) is 18.8. The fourth-order valence-corrected chi connectivity index (χ4v) is 4.69. The van der Waals surface area contributed by atoms with Crippen molar-refractivity contribution in [2.24, 2.45) is 0 Å². The van der Waals surface area contributed by atoms with Crippen molar-refractivity contribution in [3.05, 3.63) is 40.0 Å². The standard InChI is InChI=1S/C23H28BrF3N6O/c24-19-14-29-22(31-21(19)28-8-2-10-33-9-1-3-20(33)34)30-18-5-4-16-6-11-32(15-23(25,26)27)12-7-17(16)13-18/h4-5,13-14H,1-3,6-12,15H2,(H2,28,29,30,31). The van der Waals surface area contributed by atoms with Crippen LogP contribution >= 0.6 is 15.9 Å². The number of hydrogen-bond donors (Lipinski definition) is 2. The molecule has 1 aromatic heterocycles. The van der Waals surface area contributed by atoms with Crippen LogP contribution in [0.3, 0.4) is 0 Å². The Labute approximate surface area is 205 Å². The highest BCUT2D eigenvalue weighted by Crippen LogP contribution is 2.26. The van der Waals surface area contributed by atoms with Crippen LogP contribution in [0.15, 0.2) is 28.9 Å². The van der Waals surface area contributed by atoms with E-state index in [1.807, 2.05) is 23.1 Å². The van der Waals surface area contributed by atoms with Crippen LogP contribution in [-0.2, 0) is 17.6 Å². The molecule has 1 saturated heterocycles. The summed E-state index contributed by atoms with van der Waals surface area (Å²) in [7, 11) is 0. The van der Waals surface area contributed by atoms with Crippen LogP contribution in [0, 0.1) is 0 Å². The molecule has 0 spiro atoms. The first-order valence-corrected chi connectivity index (χ1v) is 12.3. The second-order valence-corrected chi connectivity index (χ2v) is 9.51. The molecular formula is C23H28BrF3N6O. The van der Waals surface area contributed by atoms with Gasteiger partial charge < -0.3 is 15.5 Å².